The Morgan fingerprint density at radius 3 is 2.89 bits per heavy atom. The number of hydrogen-bond donors (Lipinski definition) is 1. The molecule has 0 aliphatic heterocycles. The van der Waals surface area contributed by atoms with E-state index in [0.717, 1.165) is 24.2 Å². The van der Waals surface area contributed by atoms with E-state index in [-0.39, 0.29) is 0 Å². The SMILES string of the molecule is Cc1cccc(-c2noc(CCC(C)CN)n2)n1. The molecule has 5 nitrogen and oxygen atoms in total. The maximum atomic E-state index is 5.57. The van der Waals surface area contributed by atoms with Gasteiger partial charge >= 0.3 is 0 Å². The minimum Gasteiger partial charge on any atom is -0.339 e. The molecule has 0 radical (unpaired) electrons. The van der Waals surface area contributed by atoms with Crippen molar-refractivity contribution in [2.45, 2.75) is 26.7 Å². The number of nitrogens with zero attached hydrogens (tertiary/aromatic N) is 3. The second kappa shape index (κ2) is 5.73. The highest BCUT2D eigenvalue weighted by Crippen LogP contribution is 2.15. The van der Waals surface area contributed by atoms with Crippen molar-refractivity contribution in [1.82, 2.24) is 15.1 Å². The molecule has 0 spiro atoms. The molecule has 2 N–H and O–H groups in total. The van der Waals surface area contributed by atoms with Crippen LogP contribution in [-0.2, 0) is 6.42 Å². The lowest BCUT2D eigenvalue weighted by Crippen LogP contribution is -2.11. The minimum atomic E-state index is 0.470. The third-order valence-electron chi connectivity index (χ3n) is 2.84. The van der Waals surface area contributed by atoms with Gasteiger partial charge < -0.3 is 10.3 Å². The Balaban J connectivity index is 2.06. The van der Waals surface area contributed by atoms with E-state index in [9.17, 15) is 0 Å². The Morgan fingerprint density at radius 2 is 2.17 bits per heavy atom. The first-order valence-electron chi connectivity index (χ1n) is 6.15. The average molecular weight is 246 g/mol. The largest absolute Gasteiger partial charge is 0.339 e. The minimum absolute atomic E-state index is 0.470. The predicted molar refractivity (Wildman–Crippen MR) is 68.8 cm³/mol. The van der Waals surface area contributed by atoms with Crippen molar-refractivity contribution in [3.8, 4) is 11.5 Å². The Morgan fingerprint density at radius 1 is 1.33 bits per heavy atom. The van der Waals surface area contributed by atoms with Crippen LogP contribution in [0.4, 0.5) is 0 Å². The third-order valence-corrected chi connectivity index (χ3v) is 2.84. The Bertz CT molecular complexity index is 509. The number of aryl methyl sites for hydroxylation is 2. The zero-order valence-corrected chi connectivity index (χ0v) is 10.8. The van der Waals surface area contributed by atoms with Crippen molar-refractivity contribution in [3.63, 3.8) is 0 Å². The summed E-state index contributed by atoms with van der Waals surface area (Å²) in [5, 5.41) is 3.95. The van der Waals surface area contributed by atoms with Gasteiger partial charge in [0.25, 0.3) is 0 Å². The molecular weight excluding hydrogens is 228 g/mol. The number of nitrogens with two attached hydrogens (primary N) is 1. The summed E-state index contributed by atoms with van der Waals surface area (Å²) in [4.78, 5) is 8.71. The molecule has 2 heterocycles. The highest BCUT2D eigenvalue weighted by Gasteiger charge is 2.10. The molecule has 2 aromatic heterocycles. The maximum Gasteiger partial charge on any atom is 0.227 e. The Labute approximate surface area is 106 Å². The Hall–Kier alpha value is -1.75. The fourth-order valence-electron chi connectivity index (χ4n) is 1.62. The second-order valence-electron chi connectivity index (χ2n) is 4.56. The van der Waals surface area contributed by atoms with E-state index in [4.69, 9.17) is 10.3 Å². The highest BCUT2D eigenvalue weighted by molar-refractivity contribution is 5.47. The molecule has 0 aliphatic rings. The summed E-state index contributed by atoms with van der Waals surface area (Å²) < 4.78 is 5.21. The summed E-state index contributed by atoms with van der Waals surface area (Å²) >= 11 is 0. The molecule has 2 aromatic rings. The number of aromatic nitrogens is 3. The summed E-state index contributed by atoms with van der Waals surface area (Å²) in [5.41, 5.74) is 7.26. The van der Waals surface area contributed by atoms with Crippen molar-refractivity contribution in [1.29, 1.82) is 0 Å². The van der Waals surface area contributed by atoms with Crippen LogP contribution in [0.15, 0.2) is 22.7 Å². The zero-order valence-electron chi connectivity index (χ0n) is 10.8. The lowest BCUT2D eigenvalue weighted by atomic mass is 10.1. The molecule has 1 unspecified atom stereocenters. The van der Waals surface area contributed by atoms with Crippen LogP contribution in [0.5, 0.6) is 0 Å². The van der Waals surface area contributed by atoms with Crippen LogP contribution >= 0.6 is 0 Å². The van der Waals surface area contributed by atoms with Gasteiger partial charge in [-0.3, -0.25) is 0 Å². The number of rotatable bonds is 5. The fraction of sp³-hybridized carbons (Fsp3) is 0.462. The number of hydrogen-bond acceptors (Lipinski definition) is 5. The van der Waals surface area contributed by atoms with Crippen LogP contribution in [-0.4, -0.2) is 21.7 Å². The van der Waals surface area contributed by atoms with Crippen LogP contribution in [0.3, 0.4) is 0 Å². The van der Waals surface area contributed by atoms with Gasteiger partial charge in [-0.15, -0.1) is 0 Å². The maximum absolute atomic E-state index is 5.57. The van der Waals surface area contributed by atoms with E-state index in [1.807, 2.05) is 25.1 Å². The predicted octanol–water partition coefficient (Wildman–Crippen LogP) is 1.97. The lowest BCUT2D eigenvalue weighted by molar-refractivity contribution is 0.366. The van der Waals surface area contributed by atoms with Gasteiger partial charge in [-0.25, -0.2) is 4.98 Å². The summed E-state index contributed by atoms with van der Waals surface area (Å²) in [7, 11) is 0. The van der Waals surface area contributed by atoms with Gasteiger partial charge in [0.15, 0.2) is 0 Å². The summed E-state index contributed by atoms with van der Waals surface area (Å²) in [6.45, 7) is 4.73. The van der Waals surface area contributed by atoms with Gasteiger partial charge in [-0.05, 0) is 37.9 Å². The molecule has 0 saturated carbocycles. The van der Waals surface area contributed by atoms with Gasteiger partial charge in [0.1, 0.15) is 5.69 Å². The molecular formula is C13H18N4O. The van der Waals surface area contributed by atoms with Crippen LogP contribution in [0.25, 0.3) is 11.5 Å². The monoisotopic (exact) mass is 246 g/mol. The van der Waals surface area contributed by atoms with E-state index < -0.39 is 0 Å². The first kappa shape index (κ1) is 12.7. The second-order valence-corrected chi connectivity index (χ2v) is 4.56. The molecule has 2 rings (SSSR count). The molecule has 18 heavy (non-hydrogen) atoms. The molecule has 0 bridgehead atoms. The van der Waals surface area contributed by atoms with Gasteiger partial charge in [0.05, 0.1) is 0 Å². The molecule has 0 fully saturated rings. The summed E-state index contributed by atoms with van der Waals surface area (Å²) in [6, 6.07) is 5.75. The molecule has 96 valence electrons. The lowest BCUT2D eigenvalue weighted by Gasteiger charge is -2.03. The molecule has 1 atom stereocenters. The third kappa shape index (κ3) is 3.13. The van der Waals surface area contributed by atoms with E-state index >= 15 is 0 Å². The van der Waals surface area contributed by atoms with Gasteiger partial charge in [0.2, 0.25) is 11.7 Å². The van der Waals surface area contributed by atoms with E-state index in [2.05, 4.69) is 22.0 Å². The van der Waals surface area contributed by atoms with Gasteiger partial charge in [-0.2, -0.15) is 4.98 Å². The molecule has 0 amide bonds. The van der Waals surface area contributed by atoms with Crippen molar-refractivity contribution >= 4 is 0 Å². The molecule has 5 heteroatoms. The quantitative estimate of drug-likeness (QED) is 0.872. The molecule has 0 aromatic carbocycles. The number of pyridine rings is 1. The Kier molecular flexibility index (Phi) is 4.04. The smallest absolute Gasteiger partial charge is 0.227 e. The normalized spacial score (nSPS) is 12.6. The average Bonchev–Trinajstić information content (AvgIpc) is 2.84. The standard InChI is InChI=1S/C13H18N4O/c1-9(8-14)6-7-12-16-13(17-18-12)11-5-3-4-10(2)15-11/h3-5,9H,6-8,14H2,1-2H3. The van der Waals surface area contributed by atoms with Crippen LogP contribution in [0.2, 0.25) is 0 Å². The van der Waals surface area contributed by atoms with Crippen LogP contribution in [0.1, 0.15) is 24.9 Å². The molecule has 0 saturated heterocycles. The topological polar surface area (TPSA) is 77.8 Å². The van der Waals surface area contributed by atoms with E-state index in [0.29, 0.717) is 24.2 Å². The molecule has 0 aliphatic carbocycles. The van der Waals surface area contributed by atoms with Crippen LogP contribution < -0.4 is 5.73 Å². The zero-order chi connectivity index (χ0) is 13.0. The fourth-order valence-corrected chi connectivity index (χ4v) is 1.62. The van der Waals surface area contributed by atoms with Gasteiger partial charge in [0, 0.05) is 12.1 Å². The first-order chi connectivity index (χ1) is 8.69. The first-order valence-corrected chi connectivity index (χ1v) is 6.15. The van der Waals surface area contributed by atoms with Crippen molar-refractivity contribution in [2.75, 3.05) is 6.54 Å². The van der Waals surface area contributed by atoms with Crippen LogP contribution in [0, 0.1) is 12.8 Å². The van der Waals surface area contributed by atoms with Crippen molar-refractivity contribution in [2.24, 2.45) is 11.7 Å². The van der Waals surface area contributed by atoms with E-state index in [1.54, 1.807) is 0 Å². The van der Waals surface area contributed by atoms with Crippen molar-refractivity contribution < 1.29 is 4.52 Å². The van der Waals surface area contributed by atoms with Gasteiger partial charge in [-0.1, -0.05) is 18.1 Å². The van der Waals surface area contributed by atoms with Crippen molar-refractivity contribution in [3.05, 3.63) is 29.8 Å². The highest BCUT2D eigenvalue weighted by atomic mass is 16.5. The summed E-state index contributed by atoms with van der Waals surface area (Å²) in [5.74, 6) is 1.67. The van der Waals surface area contributed by atoms with E-state index in [1.165, 1.54) is 0 Å². The summed E-state index contributed by atoms with van der Waals surface area (Å²) in [6.07, 6.45) is 1.72.